The number of hydrogen-bond acceptors (Lipinski definition) is 7. The van der Waals surface area contributed by atoms with Gasteiger partial charge in [-0.2, -0.15) is 0 Å². The zero-order chi connectivity index (χ0) is 28.2. The average molecular weight is 588 g/mol. The van der Waals surface area contributed by atoms with Gasteiger partial charge in [-0.25, -0.2) is 18.1 Å². The summed E-state index contributed by atoms with van der Waals surface area (Å²) in [6.07, 6.45) is 3.51. The van der Waals surface area contributed by atoms with Gasteiger partial charge in [0.1, 0.15) is 5.01 Å². The molecule has 1 saturated carbocycles. The fraction of sp³-hybridized carbons (Fsp3) is 0.370. The Morgan fingerprint density at radius 1 is 1.05 bits per heavy atom. The van der Waals surface area contributed by atoms with Crippen molar-refractivity contribution in [3.8, 4) is 21.0 Å². The van der Waals surface area contributed by atoms with Crippen LogP contribution in [0.5, 0.6) is 0 Å². The summed E-state index contributed by atoms with van der Waals surface area (Å²) in [7, 11) is -3.93. The molecule has 1 aliphatic carbocycles. The summed E-state index contributed by atoms with van der Waals surface area (Å²) in [4.78, 5) is 17.0. The first kappa shape index (κ1) is 29.1. The van der Waals surface area contributed by atoms with Crippen molar-refractivity contribution in [2.45, 2.75) is 69.5 Å². The number of anilines is 2. The number of carbonyl (C=O) groups excluding carboxylic acids is 1. The van der Waals surface area contributed by atoms with Crippen molar-refractivity contribution < 1.29 is 18.3 Å². The normalized spacial score (nSPS) is 17.6. The van der Waals surface area contributed by atoms with Crippen LogP contribution in [0.1, 0.15) is 46.5 Å². The molecule has 2 aromatic carbocycles. The lowest BCUT2D eigenvalue weighted by atomic mass is 9.94. The predicted molar refractivity (Wildman–Crippen MR) is 160 cm³/mol. The Hall–Kier alpha value is -2.90. The molecular weight excluding hydrogens is 555 g/mol. The van der Waals surface area contributed by atoms with Gasteiger partial charge in [-0.05, 0) is 88.1 Å². The summed E-state index contributed by atoms with van der Waals surface area (Å²) in [6.45, 7) is 5.40. The van der Waals surface area contributed by atoms with Crippen LogP contribution in [0.4, 0.5) is 11.4 Å². The number of amides is 1. The highest BCUT2D eigenvalue weighted by molar-refractivity contribution is 7.89. The molecule has 1 fully saturated rings. The molecule has 5 N–H and O–H groups in total. The van der Waals surface area contributed by atoms with E-state index in [1.54, 1.807) is 18.3 Å². The Labute approximate surface area is 238 Å². The molecule has 0 atom stereocenters. The van der Waals surface area contributed by atoms with Crippen LogP contribution in [0, 0.1) is 0 Å². The Kier molecular flexibility index (Phi) is 9.34. The van der Waals surface area contributed by atoms with Crippen LogP contribution in [0.15, 0.2) is 53.6 Å². The van der Waals surface area contributed by atoms with Crippen LogP contribution < -0.4 is 20.7 Å². The minimum Gasteiger partial charge on any atom is -0.393 e. The molecule has 0 saturated heterocycles. The van der Waals surface area contributed by atoms with Gasteiger partial charge in [-0.3, -0.25) is 4.79 Å². The fourth-order valence-corrected chi connectivity index (χ4v) is 7.29. The number of aliphatic hydroxyl groups is 1. The van der Waals surface area contributed by atoms with Crippen molar-refractivity contribution in [3.63, 3.8) is 0 Å². The summed E-state index contributed by atoms with van der Waals surface area (Å²) in [5, 5.41) is 20.0. The maximum Gasteiger partial charge on any atom is 0.241 e. The van der Waals surface area contributed by atoms with E-state index in [0.717, 1.165) is 16.3 Å². The molecule has 4 rings (SSSR count). The third kappa shape index (κ3) is 7.83. The number of hydrogen-bond donors (Lipinski definition) is 5. The van der Waals surface area contributed by atoms with Gasteiger partial charge in [0.2, 0.25) is 15.9 Å². The van der Waals surface area contributed by atoms with Gasteiger partial charge in [0.15, 0.2) is 5.11 Å². The lowest BCUT2D eigenvalue weighted by Gasteiger charge is -2.26. The second kappa shape index (κ2) is 12.5. The van der Waals surface area contributed by atoms with E-state index in [1.807, 2.05) is 38.1 Å². The number of aliphatic hydroxyl groups excluding tert-OH is 1. The first-order valence-electron chi connectivity index (χ1n) is 12.8. The minimum absolute atomic E-state index is 0.0702. The second-order valence-corrected chi connectivity index (χ2v) is 13.0. The van der Waals surface area contributed by atoms with Crippen LogP contribution in [0.3, 0.4) is 0 Å². The summed E-state index contributed by atoms with van der Waals surface area (Å²) in [5.74, 6) is -0.293. The first-order chi connectivity index (χ1) is 18.5. The molecule has 1 heterocycles. The minimum atomic E-state index is -3.93. The molecule has 0 spiro atoms. The lowest BCUT2D eigenvalue weighted by Crippen LogP contribution is -2.38. The summed E-state index contributed by atoms with van der Waals surface area (Å²) in [5.41, 5.74) is 2.62. The van der Waals surface area contributed by atoms with Crippen LogP contribution in [0.25, 0.3) is 21.0 Å². The monoisotopic (exact) mass is 587 g/mol. The quantitative estimate of drug-likeness (QED) is 0.239. The van der Waals surface area contributed by atoms with Gasteiger partial charge in [-0.15, -0.1) is 11.3 Å². The van der Waals surface area contributed by atoms with Gasteiger partial charge in [0, 0.05) is 47.7 Å². The third-order valence-electron chi connectivity index (χ3n) is 6.19. The molecule has 1 aromatic heterocycles. The van der Waals surface area contributed by atoms with E-state index in [1.165, 1.54) is 24.3 Å². The van der Waals surface area contributed by atoms with Gasteiger partial charge in [0.05, 0.1) is 15.9 Å². The molecule has 0 unspecified atom stereocenters. The van der Waals surface area contributed by atoms with Crippen molar-refractivity contribution in [3.05, 3.63) is 48.7 Å². The van der Waals surface area contributed by atoms with E-state index in [0.29, 0.717) is 46.9 Å². The second-order valence-electron chi connectivity index (χ2n) is 9.88. The third-order valence-corrected chi connectivity index (χ3v) is 9.05. The van der Waals surface area contributed by atoms with E-state index >= 15 is 0 Å². The molecule has 1 aliphatic rings. The Bertz CT molecular complexity index is 1430. The number of sulfonamides is 1. The van der Waals surface area contributed by atoms with E-state index in [9.17, 15) is 18.3 Å². The molecular formula is C27H33N5O4S3. The van der Waals surface area contributed by atoms with Gasteiger partial charge >= 0.3 is 0 Å². The molecule has 3 aromatic rings. The zero-order valence-electron chi connectivity index (χ0n) is 22.0. The average Bonchev–Trinajstić information content (AvgIpc) is 3.35. The van der Waals surface area contributed by atoms with Crippen LogP contribution in [-0.2, 0) is 14.8 Å². The van der Waals surface area contributed by atoms with E-state index in [-0.39, 0.29) is 22.9 Å². The molecule has 1 amide bonds. The number of thiocarbonyl (C=S) groups is 1. The van der Waals surface area contributed by atoms with Crippen LogP contribution in [-0.4, -0.2) is 47.7 Å². The number of thiazole rings is 1. The number of nitrogens with one attached hydrogen (secondary N) is 4. The molecule has 0 aliphatic heterocycles. The van der Waals surface area contributed by atoms with Gasteiger partial charge in [0.25, 0.3) is 0 Å². The topological polar surface area (TPSA) is 132 Å². The number of aromatic nitrogens is 1. The van der Waals surface area contributed by atoms with Crippen LogP contribution >= 0.6 is 23.6 Å². The zero-order valence-corrected chi connectivity index (χ0v) is 24.5. The first-order valence-corrected chi connectivity index (χ1v) is 15.5. The Morgan fingerprint density at radius 2 is 1.72 bits per heavy atom. The number of benzene rings is 2. The lowest BCUT2D eigenvalue weighted by molar-refractivity contribution is -0.114. The predicted octanol–water partition coefficient (Wildman–Crippen LogP) is 4.71. The molecule has 39 heavy (non-hydrogen) atoms. The smallest absolute Gasteiger partial charge is 0.241 e. The largest absolute Gasteiger partial charge is 0.393 e. The van der Waals surface area contributed by atoms with E-state index in [4.69, 9.17) is 12.2 Å². The highest BCUT2D eigenvalue weighted by Gasteiger charge is 2.28. The van der Waals surface area contributed by atoms with Crippen molar-refractivity contribution in [2.75, 3.05) is 10.6 Å². The molecule has 12 heteroatoms. The molecule has 0 radical (unpaired) electrons. The molecule has 208 valence electrons. The Morgan fingerprint density at radius 3 is 2.36 bits per heavy atom. The highest BCUT2D eigenvalue weighted by atomic mass is 32.2. The summed E-state index contributed by atoms with van der Waals surface area (Å²) in [6, 6.07) is 12.5. The Balaban J connectivity index is 1.60. The van der Waals surface area contributed by atoms with Crippen molar-refractivity contribution in [1.29, 1.82) is 0 Å². The van der Waals surface area contributed by atoms with Gasteiger partial charge < -0.3 is 21.1 Å². The number of nitrogens with zero attached hydrogens (tertiary/aromatic N) is 1. The van der Waals surface area contributed by atoms with Crippen LogP contribution in [0.2, 0.25) is 0 Å². The van der Waals surface area contributed by atoms with Crippen molar-refractivity contribution in [2.24, 2.45) is 0 Å². The fourth-order valence-electron chi connectivity index (χ4n) is 4.36. The highest BCUT2D eigenvalue weighted by Crippen LogP contribution is 2.37. The summed E-state index contributed by atoms with van der Waals surface area (Å²) < 4.78 is 29.9. The van der Waals surface area contributed by atoms with E-state index in [2.05, 4.69) is 25.7 Å². The number of rotatable bonds is 8. The van der Waals surface area contributed by atoms with Crippen molar-refractivity contribution in [1.82, 2.24) is 15.0 Å². The number of carbonyl (C=O) groups is 1. The standard InChI is InChI=1S/C27H33N5O4S3/c1-16(2)29-27(37)31-19-6-4-18(5-7-19)26-28-15-24(38-26)23-13-10-21(30-17(3)33)14-25(23)39(35,36)32-20-8-11-22(34)12-9-20/h4-7,10,13-16,20,22,32,34H,8-9,11-12H2,1-3H3,(H,30,33)(H2,29,31,37). The van der Waals surface area contributed by atoms with Crippen molar-refractivity contribution >= 4 is 56.0 Å². The van der Waals surface area contributed by atoms with Gasteiger partial charge in [-0.1, -0.05) is 6.07 Å². The molecule has 0 bridgehead atoms. The molecule has 9 nitrogen and oxygen atoms in total. The summed E-state index contributed by atoms with van der Waals surface area (Å²) >= 11 is 6.69. The maximum atomic E-state index is 13.6. The maximum absolute atomic E-state index is 13.6. The SMILES string of the molecule is CC(=O)Nc1ccc(-c2cnc(-c3ccc(NC(=S)NC(C)C)cc3)s2)c(S(=O)(=O)NC2CCC(O)CC2)c1. The van der Waals surface area contributed by atoms with E-state index < -0.39 is 16.1 Å².